The monoisotopic (exact) mass is 223 g/mol. The lowest BCUT2D eigenvalue weighted by Gasteiger charge is -2.26. The molecule has 0 atom stereocenters. The maximum absolute atomic E-state index is 9.62. The van der Waals surface area contributed by atoms with Gasteiger partial charge >= 0.3 is 0 Å². The van der Waals surface area contributed by atoms with Crippen LogP contribution in [0.25, 0.3) is 0 Å². The van der Waals surface area contributed by atoms with Crippen LogP contribution in [-0.4, -0.2) is 15.8 Å². The first-order valence-electron chi connectivity index (χ1n) is 5.70. The molecule has 3 heteroatoms. The first kappa shape index (κ1) is 12.8. The number of rotatable bonds is 5. The van der Waals surface area contributed by atoms with Gasteiger partial charge in [-0.15, -0.1) is 0 Å². The number of hydrogen-bond donors (Lipinski definition) is 3. The maximum atomic E-state index is 9.62. The fourth-order valence-electron chi connectivity index (χ4n) is 1.75. The van der Waals surface area contributed by atoms with Crippen LogP contribution in [0.2, 0.25) is 0 Å². The Balaban J connectivity index is 2.61. The summed E-state index contributed by atoms with van der Waals surface area (Å²) in [5.74, 6) is 0.230. The average molecular weight is 223 g/mol. The quantitative estimate of drug-likeness (QED) is 0.719. The van der Waals surface area contributed by atoms with Crippen LogP contribution >= 0.6 is 0 Å². The summed E-state index contributed by atoms with van der Waals surface area (Å²) in [6, 6.07) is 4.69. The highest BCUT2D eigenvalue weighted by molar-refractivity contribution is 5.38. The van der Waals surface area contributed by atoms with Crippen LogP contribution in [0, 0.1) is 0 Å². The molecule has 0 unspecified atom stereocenters. The highest BCUT2D eigenvalue weighted by atomic mass is 16.3. The zero-order valence-electron chi connectivity index (χ0n) is 10.2. The third kappa shape index (κ3) is 3.74. The normalized spacial score (nSPS) is 11.7. The van der Waals surface area contributed by atoms with E-state index in [4.69, 9.17) is 5.11 Å². The van der Waals surface area contributed by atoms with Crippen molar-refractivity contribution in [1.82, 2.24) is 5.32 Å². The van der Waals surface area contributed by atoms with Gasteiger partial charge < -0.3 is 15.5 Å². The minimum Gasteiger partial charge on any atom is -0.508 e. The van der Waals surface area contributed by atoms with Gasteiger partial charge in [0.05, 0.1) is 0 Å². The zero-order chi connectivity index (χ0) is 12.2. The summed E-state index contributed by atoms with van der Waals surface area (Å²) >= 11 is 0. The van der Waals surface area contributed by atoms with Crippen LogP contribution in [-0.2, 0) is 6.54 Å². The lowest BCUT2D eigenvalue weighted by molar-refractivity contribution is 0.352. The number of nitrogens with one attached hydrogen (secondary N) is 1. The van der Waals surface area contributed by atoms with Crippen LogP contribution in [0.1, 0.15) is 39.2 Å². The molecule has 0 saturated carbocycles. The van der Waals surface area contributed by atoms with Crippen molar-refractivity contribution in [1.29, 1.82) is 0 Å². The van der Waals surface area contributed by atoms with Gasteiger partial charge in [0.1, 0.15) is 11.5 Å². The van der Waals surface area contributed by atoms with Gasteiger partial charge in [0, 0.05) is 23.7 Å². The summed E-state index contributed by atoms with van der Waals surface area (Å²) in [5.41, 5.74) is 0.876. The third-order valence-corrected chi connectivity index (χ3v) is 2.70. The molecule has 1 rings (SSSR count). The predicted octanol–water partition coefficient (Wildman–Crippen LogP) is 2.77. The van der Waals surface area contributed by atoms with E-state index >= 15 is 0 Å². The van der Waals surface area contributed by atoms with Gasteiger partial charge in [-0.05, 0) is 26.3 Å². The van der Waals surface area contributed by atoms with E-state index in [0.717, 1.165) is 18.4 Å². The fourth-order valence-corrected chi connectivity index (χ4v) is 1.75. The Morgan fingerprint density at radius 3 is 2.50 bits per heavy atom. The van der Waals surface area contributed by atoms with Crippen LogP contribution in [0.3, 0.4) is 0 Å². The fraction of sp³-hybridized carbons (Fsp3) is 0.538. The summed E-state index contributed by atoms with van der Waals surface area (Å²) in [6.45, 7) is 7.06. The van der Waals surface area contributed by atoms with Crippen molar-refractivity contribution < 1.29 is 10.2 Å². The SMILES string of the molecule is CCCC(C)(C)NCc1ccc(O)cc1O. The summed E-state index contributed by atoms with van der Waals surface area (Å²) in [5, 5.41) is 22.2. The Bertz CT molecular complexity index is 348. The second-order valence-electron chi connectivity index (χ2n) is 4.80. The van der Waals surface area contributed by atoms with Gasteiger partial charge in [-0.3, -0.25) is 0 Å². The molecular weight excluding hydrogens is 202 g/mol. The molecule has 3 nitrogen and oxygen atoms in total. The van der Waals surface area contributed by atoms with Crippen LogP contribution in [0.5, 0.6) is 11.5 Å². The largest absolute Gasteiger partial charge is 0.508 e. The number of phenolic OH excluding ortho intramolecular Hbond substituents is 2. The highest BCUT2D eigenvalue weighted by Gasteiger charge is 2.15. The minimum absolute atomic E-state index is 0.0685. The van der Waals surface area contributed by atoms with E-state index in [0.29, 0.717) is 6.54 Å². The van der Waals surface area contributed by atoms with Crippen LogP contribution in [0.15, 0.2) is 18.2 Å². The first-order valence-corrected chi connectivity index (χ1v) is 5.70. The van der Waals surface area contributed by atoms with E-state index in [2.05, 4.69) is 26.1 Å². The molecular formula is C13H21NO2. The van der Waals surface area contributed by atoms with Gasteiger partial charge in [-0.25, -0.2) is 0 Å². The van der Waals surface area contributed by atoms with Crippen molar-refractivity contribution in [3.8, 4) is 11.5 Å². The van der Waals surface area contributed by atoms with E-state index in [1.165, 1.54) is 6.07 Å². The summed E-state index contributed by atoms with van der Waals surface area (Å²) in [4.78, 5) is 0. The van der Waals surface area contributed by atoms with E-state index in [-0.39, 0.29) is 17.0 Å². The standard InChI is InChI=1S/C13H21NO2/c1-4-7-13(2,3)14-9-10-5-6-11(15)8-12(10)16/h5-6,8,14-16H,4,7,9H2,1-3H3. The van der Waals surface area contributed by atoms with Gasteiger partial charge in [0.2, 0.25) is 0 Å². The molecule has 0 radical (unpaired) electrons. The molecule has 0 aliphatic rings. The Labute approximate surface area is 97.1 Å². The molecule has 90 valence electrons. The molecule has 0 aliphatic carbocycles. The topological polar surface area (TPSA) is 52.5 Å². The molecule has 0 heterocycles. The Hall–Kier alpha value is -1.22. The van der Waals surface area contributed by atoms with Crippen molar-refractivity contribution in [2.45, 2.75) is 45.7 Å². The van der Waals surface area contributed by atoms with Crippen LogP contribution < -0.4 is 5.32 Å². The van der Waals surface area contributed by atoms with E-state index in [1.807, 2.05) is 0 Å². The molecule has 3 N–H and O–H groups in total. The smallest absolute Gasteiger partial charge is 0.123 e. The molecule has 1 aromatic rings. The molecule has 16 heavy (non-hydrogen) atoms. The summed E-state index contributed by atoms with van der Waals surface area (Å²) in [6.07, 6.45) is 2.22. The predicted molar refractivity (Wildman–Crippen MR) is 65.6 cm³/mol. The van der Waals surface area contributed by atoms with E-state index < -0.39 is 0 Å². The average Bonchev–Trinajstić information content (AvgIpc) is 2.16. The lowest BCUT2D eigenvalue weighted by atomic mass is 9.98. The van der Waals surface area contributed by atoms with Crippen molar-refractivity contribution in [3.05, 3.63) is 23.8 Å². The molecule has 0 bridgehead atoms. The van der Waals surface area contributed by atoms with Gasteiger partial charge in [-0.2, -0.15) is 0 Å². The molecule has 0 amide bonds. The number of benzene rings is 1. The molecule has 0 aliphatic heterocycles. The van der Waals surface area contributed by atoms with Gasteiger partial charge in [0.15, 0.2) is 0 Å². The second-order valence-corrected chi connectivity index (χ2v) is 4.80. The molecule has 0 aromatic heterocycles. The lowest BCUT2D eigenvalue weighted by Crippen LogP contribution is -2.38. The number of phenols is 2. The Morgan fingerprint density at radius 1 is 1.25 bits per heavy atom. The summed E-state index contributed by atoms with van der Waals surface area (Å²) in [7, 11) is 0. The highest BCUT2D eigenvalue weighted by Crippen LogP contribution is 2.23. The number of aromatic hydroxyl groups is 2. The Kier molecular flexibility index (Phi) is 4.19. The van der Waals surface area contributed by atoms with Crippen molar-refractivity contribution in [2.24, 2.45) is 0 Å². The number of hydrogen-bond acceptors (Lipinski definition) is 3. The van der Waals surface area contributed by atoms with Crippen molar-refractivity contribution >= 4 is 0 Å². The van der Waals surface area contributed by atoms with Crippen molar-refractivity contribution in [3.63, 3.8) is 0 Å². The maximum Gasteiger partial charge on any atom is 0.123 e. The molecule has 0 fully saturated rings. The van der Waals surface area contributed by atoms with Crippen LogP contribution in [0.4, 0.5) is 0 Å². The van der Waals surface area contributed by atoms with Gasteiger partial charge in [-0.1, -0.05) is 19.4 Å². The molecule has 1 aromatic carbocycles. The Morgan fingerprint density at radius 2 is 1.94 bits per heavy atom. The van der Waals surface area contributed by atoms with E-state index in [1.54, 1.807) is 12.1 Å². The molecule has 0 spiro atoms. The summed E-state index contributed by atoms with van der Waals surface area (Å²) < 4.78 is 0. The molecule has 0 saturated heterocycles. The van der Waals surface area contributed by atoms with E-state index in [9.17, 15) is 5.11 Å². The minimum atomic E-state index is 0.0685. The second kappa shape index (κ2) is 5.21. The van der Waals surface area contributed by atoms with Crippen molar-refractivity contribution in [2.75, 3.05) is 0 Å². The van der Waals surface area contributed by atoms with Gasteiger partial charge in [0.25, 0.3) is 0 Å². The zero-order valence-corrected chi connectivity index (χ0v) is 10.2. The first-order chi connectivity index (χ1) is 7.44. The third-order valence-electron chi connectivity index (χ3n) is 2.70.